The van der Waals surface area contributed by atoms with Crippen molar-refractivity contribution in [2.24, 2.45) is 35.5 Å². The maximum Gasteiger partial charge on any atom is 0.329 e. The van der Waals surface area contributed by atoms with Crippen LogP contribution in [0.4, 0.5) is 0 Å². The Kier molecular flexibility index (Phi) is 28.5. The van der Waals surface area contributed by atoms with Crippen LogP contribution in [0, 0.1) is 35.5 Å². The van der Waals surface area contributed by atoms with Crippen molar-refractivity contribution >= 4 is 65.1 Å². The molecule has 0 unspecified atom stereocenters. The van der Waals surface area contributed by atoms with Crippen molar-refractivity contribution in [2.45, 2.75) is 209 Å². The predicted molar refractivity (Wildman–Crippen MR) is 324 cm³/mol. The molecule has 2 heterocycles. The number of hydrogen-bond donors (Lipinski definition) is 3. The Hall–Kier alpha value is -6.81. The molecule has 0 bridgehead atoms. The van der Waals surface area contributed by atoms with Crippen LogP contribution >= 0.6 is 0 Å². The predicted octanol–water partition coefficient (Wildman–Crippen LogP) is 4.21. The first-order valence-corrected chi connectivity index (χ1v) is 30.8. The quantitative estimate of drug-likeness (QED) is 0.208. The number of nitrogens with zero attached hydrogens (tertiary/aromatic N) is 6. The minimum absolute atomic E-state index is 0.0922. The lowest BCUT2D eigenvalue weighted by Crippen LogP contribution is -2.63. The van der Waals surface area contributed by atoms with Crippen molar-refractivity contribution in [2.75, 3.05) is 55.4 Å². The summed E-state index contributed by atoms with van der Waals surface area (Å²) >= 11 is 0. The fourth-order valence-corrected chi connectivity index (χ4v) is 11.6. The number of amides is 9. The molecule has 0 spiro atoms. The van der Waals surface area contributed by atoms with Crippen LogP contribution in [0.1, 0.15) is 147 Å². The van der Waals surface area contributed by atoms with Crippen LogP contribution in [-0.4, -0.2) is 210 Å². The fraction of sp³-hybridized carbons (Fsp3) is 0.730. The zero-order chi connectivity index (χ0) is 65.3. The number of rotatable bonds is 15. The zero-order valence-electron chi connectivity index (χ0n) is 55.0. The number of hydrogen-bond acceptors (Lipinski definition) is 14. The smallest absolute Gasteiger partial charge is 0.329 e. The molecule has 1 aromatic carbocycles. The third-order valence-corrected chi connectivity index (χ3v) is 17.2. The number of carbonyl (C=O) groups is 11. The molecule has 12 atom stereocenters. The topological polar surface area (TPSA) is 271 Å². The Bertz CT molecular complexity index is 2520. The van der Waals surface area contributed by atoms with E-state index in [1.807, 2.05) is 34.6 Å². The minimum atomic E-state index is -1.58. The van der Waals surface area contributed by atoms with E-state index in [0.29, 0.717) is 43.4 Å². The monoisotopic (exact) mass is 1210 g/mol. The summed E-state index contributed by atoms with van der Waals surface area (Å²) in [6, 6.07) is -3.53. The van der Waals surface area contributed by atoms with Crippen LogP contribution in [0.15, 0.2) is 24.3 Å². The maximum atomic E-state index is 15.3. The summed E-state index contributed by atoms with van der Waals surface area (Å²) in [6.45, 7) is 23.9. The van der Waals surface area contributed by atoms with Crippen molar-refractivity contribution < 1.29 is 67.0 Å². The van der Waals surface area contributed by atoms with E-state index in [1.54, 1.807) is 79.7 Å². The molecule has 0 aliphatic carbocycles. The van der Waals surface area contributed by atoms with Crippen LogP contribution in [0.5, 0.6) is 5.75 Å². The van der Waals surface area contributed by atoms with Gasteiger partial charge in [0.25, 0.3) is 5.91 Å². The van der Waals surface area contributed by atoms with Crippen molar-refractivity contribution in [1.29, 1.82) is 0 Å². The van der Waals surface area contributed by atoms with E-state index in [0.717, 1.165) is 9.80 Å². The van der Waals surface area contributed by atoms with E-state index in [2.05, 4.69) is 16.0 Å². The van der Waals surface area contributed by atoms with E-state index in [4.69, 9.17) is 14.2 Å². The first kappa shape index (κ1) is 73.4. The lowest BCUT2D eigenvalue weighted by molar-refractivity contribution is -0.165. The van der Waals surface area contributed by atoms with Gasteiger partial charge in [0.05, 0.1) is 20.1 Å². The van der Waals surface area contributed by atoms with E-state index in [-0.39, 0.29) is 25.3 Å². The second-order valence-corrected chi connectivity index (χ2v) is 24.9. The Morgan fingerprint density at radius 2 is 1.14 bits per heavy atom. The number of fused-ring (bicyclic) bond motifs is 1. The van der Waals surface area contributed by atoms with Gasteiger partial charge in [0.2, 0.25) is 47.3 Å². The number of nitrogens with one attached hydrogen (secondary N) is 3. The molecular weight excluding hydrogens is 1110 g/mol. The Morgan fingerprint density at radius 1 is 0.605 bits per heavy atom. The lowest BCUT2D eigenvalue weighted by Gasteiger charge is -2.41. The summed E-state index contributed by atoms with van der Waals surface area (Å²) in [5.41, 5.74) is 0.587. The van der Waals surface area contributed by atoms with Gasteiger partial charge in [0.1, 0.15) is 60.2 Å². The summed E-state index contributed by atoms with van der Waals surface area (Å²) in [7, 11) is 8.50. The second-order valence-electron chi connectivity index (χ2n) is 24.9. The normalized spacial score (nSPS) is 26.1. The summed E-state index contributed by atoms with van der Waals surface area (Å²) in [5.74, 6) is -10.4. The maximum absolute atomic E-state index is 15.3. The molecular formula is C63H103N9O14. The molecule has 23 heteroatoms. The summed E-state index contributed by atoms with van der Waals surface area (Å²) in [6.07, 6.45) is -0.232. The van der Waals surface area contributed by atoms with Crippen LogP contribution in [0.25, 0.3) is 0 Å². The Balaban J connectivity index is 2.32. The number of methoxy groups -OCH3 is 1. The van der Waals surface area contributed by atoms with Gasteiger partial charge in [-0.2, -0.15) is 0 Å². The van der Waals surface area contributed by atoms with Crippen molar-refractivity contribution in [3.05, 3.63) is 29.8 Å². The summed E-state index contributed by atoms with van der Waals surface area (Å²) in [4.78, 5) is 169. The molecule has 2 aliphatic heterocycles. The van der Waals surface area contributed by atoms with Crippen LogP contribution < -0.4 is 20.7 Å². The third-order valence-electron chi connectivity index (χ3n) is 17.2. The molecule has 1 aromatic rings. The van der Waals surface area contributed by atoms with Crippen LogP contribution in [0.3, 0.4) is 0 Å². The van der Waals surface area contributed by atoms with Gasteiger partial charge in [-0.1, -0.05) is 115 Å². The first-order chi connectivity index (χ1) is 40.2. The lowest BCUT2D eigenvalue weighted by atomic mass is 9.92. The van der Waals surface area contributed by atoms with Crippen LogP contribution in [0.2, 0.25) is 0 Å². The Labute approximate surface area is 511 Å². The number of esters is 2. The standard InChI is InChI=1S/C63H103N9O14/c1-21-39(12)53-55(75)64-34-48(73)68(16)51(37(8)9)56(76)65-44(32-42-27-29-43(84-20)30-28-42)63(83)85-41(14)58(78)72-31-25-24-26-45(72)59(79)69(17)52(38(10)11)57(77)66-50(36(6)7)61(81)67(15)46(33-49(74)86-47(23-3)35(4)5)60(80)71(19)54(40(13)22-2)62(82)70(53)18/h27-30,35-41,44-47,50-54H,21-26,31-34H2,1-20H3,(H,64,75)(H,65,76)(H,66,77)/t39-,40+,41+,44+,45+,46-,47+,50+,51+,52+,53+,54+/m1/s1. The number of carbonyl (C=O) groups excluding carboxylic acids is 11. The highest BCUT2D eigenvalue weighted by Crippen LogP contribution is 2.27. The van der Waals surface area contributed by atoms with E-state index >= 15 is 14.4 Å². The fourth-order valence-electron chi connectivity index (χ4n) is 11.6. The van der Waals surface area contributed by atoms with Gasteiger partial charge in [0.15, 0.2) is 6.10 Å². The highest BCUT2D eigenvalue weighted by molar-refractivity contribution is 5.99. The van der Waals surface area contributed by atoms with Gasteiger partial charge < -0.3 is 59.6 Å². The molecule has 23 nitrogen and oxygen atoms in total. The summed E-state index contributed by atoms with van der Waals surface area (Å²) < 4.78 is 17.1. The van der Waals surface area contributed by atoms with Gasteiger partial charge in [-0.3, -0.25) is 47.9 Å². The molecule has 0 radical (unpaired) electrons. The van der Waals surface area contributed by atoms with Crippen molar-refractivity contribution in [1.82, 2.24) is 45.3 Å². The minimum Gasteiger partial charge on any atom is -0.497 e. The summed E-state index contributed by atoms with van der Waals surface area (Å²) in [5, 5.41) is 8.33. The van der Waals surface area contributed by atoms with Crippen molar-refractivity contribution in [3.8, 4) is 5.75 Å². The molecule has 484 valence electrons. The first-order valence-electron chi connectivity index (χ1n) is 30.8. The SMILES string of the molecule is CC[C@H](OC(=O)C[C@@H]1C(=O)N(C)[C@@H]([C@@H](C)CC)C(=O)N(C)[C@@H]([C@H](C)CC)C(=O)NCC(=O)N(C)[C@@H](C(C)C)C(=O)N[C@@H](Cc2ccc(OC)cc2)C(=O)O[C@@H](C)C(=O)N2CCCC[C@H]2C(=O)N(C)[C@@H](C(C)C)C(=O)N[C@@H](C(C)C)C(=O)N1C)C(C)C. The zero-order valence-corrected chi connectivity index (χ0v) is 55.0. The van der Waals surface area contributed by atoms with Gasteiger partial charge in [-0.25, -0.2) is 4.79 Å². The van der Waals surface area contributed by atoms with E-state index in [1.165, 1.54) is 68.9 Å². The van der Waals surface area contributed by atoms with E-state index < -0.39 is 168 Å². The third kappa shape index (κ3) is 18.6. The van der Waals surface area contributed by atoms with E-state index in [9.17, 15) is 38.4 Å². The number of piperidine rings is 1. The molecule has 9 amide bonds. The molecule has 0 saturated carbocycles. The van der Waals surface area contributed by atoms with Gasteiger partial charge >= 0.3 is 11.9 Å². The van der Waals surface area contributed by atoms with Gasteiger partial charge in [-0.05, 0) is 85.8 Å². The van der Waals surface area contributed by atoms with Crippen molar-refractivity contribution in [3.63, 3.8) is 0 Å². The molecule has 0 aromatic heterocycles. The highest BCUT2D eigenvalue weighted by Gasteiger charge is 2.46. The van der Waals surface area contributed by atoms with Gasteiger partial charge in [0, 0.05) is 48.2 Å². The average molecular weight is 1210 g/mol. The number of benzene rings is 1. The Morgan fingerprint density at radius 3 is 1.66 bits per heavy atom. The molecule has 2 saturated heterocycles. The molecule has 3 rings (SSSR count). The number of ether oxygens (including phenoxy) is 3. The molecule has 2 aliphatic rings. The average Bonchev–Trinajstić information content (AvgIpc) is 1.42. The van der Waals surface area contributed by atoms with Crippen LogP contribution in [-0.2, 0) is 68.6 Å². The highest BCUT2D eigenvalue weighted by atomic mass is 16.6. The largest absolute Gasteiger partial charge is 0.497 e. The number of likely N-dealkylation sites (N-methyl/N-ethyl adjacent to an activating group) is 5. The molecule has 86 heavy (non-hydrogen) atoms. The molecule has 3 N–H and O–H groups in total. The van der Waals surface area contributed by atoms with Gasteiger partial charge in [-0.15, -0.1) is 0 Å². The number of cyclic esters (lactones) is 1. The molecule has 2 fully saturated rings. The second kappa shape index (κ2) is 33.4.